The molecule has 0 aliphatic heterocycles. The van der Waals surface area contributed by atoms with Gasteiger partial charge in [-0.15, -0.1) is 0 Å². The average molecular weight is 291 g/mol. The predicted octanol–water partition coefficient (Wildman–Crippen LogP) is 2.74. The van der Waals surface area contributed by atoms with Gasteiger partial charge in [-0.2, -0.15) is 4.39 Å². The van der Waals surface area contributed by atoms with Gasteiger partial charge in [0.15, 0.2) is 11.5 Å². The lowest BCUT2D eigenvalue weighted by molar-refractivity contribution is -0.116. The predicted molar refractivity (Wildman–Crippen MR) is 61.6 cm³/mol. The molecule has 0 N–H and O–H groups in total. The third kappa shape index (κ3) is 2.52. The first-order valence-electron chi connectivity index (χ1n) is 4.59. The van der Waals surface area contributed by atoms with Crippen LogP contribution in [0.25, 0.3) is 0 Å². The Hall–Kier alpha value is -1.10. The minimum Gasteiger partial charge on any atom is -0.493 e. The van der Waals surface area contributed by atoms with Gasteiger partial charge in [-0.1, -0.05) is 0 Å². The summed E-state index contributed by atoms with van der Waals surface area (Å²) in [6.07, 6.45) is 0.128. The fourth-order valence-electron chi connectivity index (χ4n) is 1.44. The first-order valence-corrected chi connectivity index (χ1v) is 5.38. The van der Waals surface area contributed by atoms with Crippen LogP contribution in [0.1, 0.15) is 12.5 Å². The fraction of sp³-hybridized carbons (Fsp3) is 0.364. The number of halogens is 2. The molecule has 5 heteroatoms. The maximum absolute atomic E-state index is 13.9. The molecule has 0 saturated carbocycles. The van der Waals surface area contributed by atoms with Crippen LogP contribution in [-0.4, -0.2) is 20.0 Å². The zero-order chi connectivity index (χ0) is 12.3. The average Bonchev–Trinajstić information content (AvgIpc) is 2.17. The molecule has 0 fully saturated rings. The van der Waals surface area contributed by atoms with E-state index in [1.165, 1.54) is 21.1 Å². The number of benzene rings is 1. The van der Waals surface area contributed by atoms with Crippen molar-refractivity contribution < 1.29 is 18.7 Å². The summed E-state index contributed by atoms with van der Waals surface area (Å²) in [7, 11) is 2.72. The van der Waals surface area contributed by atoms with E-state index in [1.54, 1.807) is 6.07 Å². The summed E-state index contributed by atoms with van der Waals surface area (Å²) in [5.41, 5.74) is 0.500. The van der Waals surface area contributed by atoms with Crippen LogP contribution in [0.5, 0.6) is 11.5 Å². The third-order valence-corrected chi connectivity index (χ3v) is 2.64. The fourth-order valence-corrected chi connectivity index (χ4v) is 2.05. The smallest absolute Gasteiger partial charge is 0.208 e. The Morgan fingerprint density at radius 1 is 1.38 bits per heavy atom. The Balaban J connectivity index is 3.34. The maximum Gasteiger partial charge on any atom is 0.208 e. The summed E-state index contributed by atoms with van der Waals surface area (Å²) in [6, 6.07) is 1.63. The molecule has 0 amide bonds. The summed E-state index contributed by atoms with van der Waals surface area (Å²) in [4.78, 5) is 11.0. The van der Waals surface area contributed by atoms with Crippen LogP contribution < -0.4 is 9.47 Å². The lowest BCUT2D eigenvalue weighted by Crippen LogP contribution is -2.03. The molecule has 16 heavy (non-hydrogen) atoms. The zero-order valence-electron chi connectivity index (χ0n) is 9.27. The van der Waals surface area contributed by atoms with Crippen molar-refractivity contribution in [2.45, 2.75) is 13.3 Å². The van der Waals surface area contributed by atoms with Gasteiger partial charge in [0, 0.05) is 12.0 Å². The molecule has 0 saturated heterocycles. The Morgan fingerprint density at radius 3 is 2.38 bits per heavy atom. The van der Waals surface area contributed by atoms with E-state index in [0.29, 0.717) is 10.0 Å². The van der Waals surface area contributed by atoms with Gasteiger partial charge in [0.05, 0.1) is 18.7 Å². The number of hydrogen-bond donors (Lipinski definition) is 0. The number of ketones is 1. The van der Waals surface area contributed by atoms with Crippen molar-refractivity contribution >= 4 is 21.7 Å². The standard InChI is InChI=1S/C11H12BrFO3/c1-6(14)4-7-5-8(12)11(16-3)9(13)10(7)15-2/h5H,4H2,1-3H3. The van der Waals surface area contributed by atoms with E-state index in [9.17, 15) is 9.18 Å². The maximum atomic E-state index is 13.9. The summed E-state index contributed by atoms with van der Waals surface area (Å²) >= 11 is 3.18. The molecule has 0 radical (unpaired) electrons. The molecule has 0 heterocycles. The van der Waals surface area contributed by atoms with Crippen molar-refractivity contribution in [1.29, 1.82) is 0 Å². The van der Waals surface area contributed by atoms with Crippen molar-refractivity contribution in [2.24, 2.45) is 0 Å². The number of carbonyl (C=O) groups excluding carboxylic acids is 1. The van der Waals surface area contributed by atoms with Gasteiger partial charge in [0.2, 0.25) is 5.82 Å². The van der Waals surface area contributed by atoms with Crippen LogP contribution in [0.2, 0.25) is 0 Å². The van der Waals surface area contributed by atoms with E-state index >= 15 is 0 Å². The molecule has 0 unspecified atom stereocenters. The number of carbonyl (C=O) groups is 1. The van der Waals surface area contributed by atoms with Crippen LogP contribution in [0, 0.1) is 5.82 Å². The Bertz CT molecular complexity index is 418. The first-order chi connectivity index (χ1) is 7.51. The molecular formula is C11H12BrFO3. The summed E-state index contributed by atoms with van der Waals surface area (Å²) in [5, 5.41) is 0. The Kier molecular flexibility index (Phi) is 4.29. The van der Waals surface area contributed by atoms with Crippen LogP contribution in [-0.2, 0) is 11.2 Å². The van der Waals surface area contributed by atoms with Crippen molar-refractivity contribution in [3.05, 3.63) is 21.9 Å². The van der Waals surface area contributed by atoms with E-state index < -0.39 is 5.82 Å². The van der Waals surface area contributed by atoms with Crippen LogP contribution >= 0.6 is 15.9 Å². The molecule has 3 nitrogen and oxygen atoms in total. The molecule has 1 aromatic rings. The van der Waals surface area contributed by atoms with Gasteiger partial charge in [0.25, 0.3) is 0 Å². The van der Waals surface area contributed by atoms with Crippen LogP contribution in [0.4, 0.5) is 4.39 Å². The minimum atomic E-state index is -0.601. The lowest BCUT2D eigenvalue weighted by Gasteiger charge is -2.13. The molecule has 1 rings (SSSR count). The number of ether oxygens (including phenoxy) is 2. The van der Waals surface area contributed by atoms with Gasteiger partial charge in [-0.3, -0.25) is 4.79 Å². The highest BCUT2D eigenvalue weighted by molar-refractivity contribution is 9.10. The summed E-state index contributed by atoms with van der Waals surface area (Å²) in [6.45, 7) is 1.44. The lowest BCUT2D eigenvalue weighted by atomic mass is 10.1. The minimum absolute atomic E-state index is 0.0512. The molecule has 1 aromatic carbocycles. The van der Waals surface area contributed by atoms with Gasteiger partial charge in [-0.05, 0) is 28.9 Å². The number of Topliss-reactive ketones (excluding diaryl/α,β-unsaturated/α-hetero) is 1. The molecular weight excluding hydrogens is 279 g/mol. The second-order valence-electron chi connectivity index (χ2n) is 3.28. The topological polar surface area (TPSA) is 35.5 Å². The Morgan fingerprint density at radius 2 is 1.94 bits per heavy atom. The van der Waals surface area contributed by atoms with E-state index in [1.807, 2.05) is 0 Å². The SMILES string of the molecule is COc1c(Br)cc(CC(C)=O)c(OC)c1F. The van der Waals surface area contributed by atoms with E-state index in [4.69, 9.17) is 9.47 Å². The first kappa shape index (κ1) is 13.0. The molecule has 0 aliphatic carbocycles. The van der Waals surface area contributed by atoms with Gasteiger partial charge < -0.3 is 9.47 Å². The highest BCUT2D eigenvalue weighted by Gasteiger charge is 2.19. The normalized spacial score (nSPS) is 10.1. The second kappa shape index (κ2) is 5.30. The van der Waals surface area contributed by atoms with Gasteiger partial charge in [-0.25, -0.2) is 0 Å². The highest BCUT2D eigenvalue weighted by atomic mass is 79.9. The second-order valence-corrected chi connectivity index (χ2v) is 4.13. The van der Waals surface area contributed by atoms with Crippen molar-refractivity contribution in [1.82, 2.24) is 0 Å². The monoisotopic (exact) mass is 290 g/mol. The third-order valence-electron chi connectivity index (χ3n) is 2.06. The molecule has 88 valence electrons. The van der Waals surface area contributed by atoms with Crippen LogP contribution in [0.15, 0.2) is 10.5 Å². The van der Waals surface area contributed by atoms with Crippen molar-refractivity contribution in [3.63, 3.8) is 0 Å². The summed E-state index contributed by atoms with van der Waals surface area (Å²) < 4.78 is 24.2. The molecule has 0 atom stereocenters. The van der Waals surface area contributed by atoms with Crippen LogP contribution in [0.3, 0.4) is 0 Å². The highest BCUT2D eigenvalue weighted by Crippen LogP contribution is 2.37. The number of methoxy groups -OCH3 is 2. The number of hydrogen-bond acceptors (Lipinski definition) is 3. The van der Waals surface area contributed by atoms with Crippen molar-refractivity contribution in [2.75, 3.05) is 14.2 Å². The van der Waals surface area contributed by atoms with Crippen molar-refractivity contribution in [3.8, 4) is 11.5 Å². The molecule has 0 aromatic heterocycles. The molecule has 0 spiro atoms. The van der Waals surface area contributed by atoms with Gasteiger partial charge >= 0.3 is 0 Å². The molecule has 0 bridgehead atoms. The molecule has 0 aliphatic rings. The quantitative estimate of drug-likeness (QED) is 0.855. The number of rotatable bonds is 4. The summed E-state index contributed by atoms with van der Waals surface area (Å²) in [5.74, 6) is -0.537. The van der Waals surface area contributed by atoms with E-state index in [0.717, 1.165) is 0 Å². The van der Waals surface area contributed by atoms with E-state index in [-0.39, 0.29) is 23.7 Å². The largest absolute Gasteiger partial charge is 0.493 e. The van der Waals surface area contributed by atoms with Gasteiger partial charge in [0.1, 0.15) is 5.78 Å². The Labute approximate surface area is 102 Å². The zero-order valence-corrected chi connectivity index (χ0v) is 10.9. The van der Waals surface area contributed by atoms with E-state index in [2.05, 4.69) is 15.9 Å².